The van der Waals surface area contributed by atoms with Crippen LogP contribution < -0.4 is 10.2 Å². The van der Waals surface area contributed by atoms with E-state index in [9.17, 15) is 4.79 Å². The Balaban J connectivity index is 1.94. The first-order chi connectivity index (χ1) is 9.19. The van der Waals surface area contributed by atoms with Gasteiger partial charge in [-0.15, -0.1) is 0 Å². The number of hydrogen-bond donors (Lipinski definition) is 2. The summed E-state index contributed by atoms with van der Waals surface area (Å²) in [4.78, 5) is 11.6. The zero-order valence-electron chi connectivity index (χ0n) is 10.7. The number of hydrazone groups is 1. The third-order valence-electron chi connectivity index (χ3n) is 2.43. The standard InChI is InChI=1S/C13H14N4O2/c1-9-7-12(16-15-9)13(18)17-14-8-10-3-5-11(19-2)6-4-10/h3-8H,1-2H3,(H,15,16)(H,17,18)/b14-8-. The molecule has 0 radical (unpaired) electrons. The molecule has 0 saturated carbocycles. The first kappa shape index (κ1) is 12.8. The minimum atomic E-state index is -0.353. The quantitative estimate of drug-likeness (QED) is 0.644. The lowest BCUT2D eigenvalue weighted by Crippen LogP contribution is -2.17. The smallest absolute Gasteiger partial charge is 0.291 e. The van der Waals surface area contributed by atoms with Crippen molar-refractivity contribution in [2.45, 2.75) is 6.92 Å². The fraction of sp³-hybridized carbons (Fsp3) is 0.154. The van der Waals surface area contributed by atoms with Crippen molar-refractivity contribution in [2.75, 3.05) is 7.11 Å². The highest BCUT2D eigenvalue weighted by atomic mass is 16.5. The summed E-state index contributed by atoms with van der Waals surface area (Å²) in [6, 6.07) is 8.97. The Hall–Kier alpha value is -2.63. The Morgan fingerprint density at radius 1 is 1.42 bits per heavy atom. The zero-order chi connectivity index (χ0) is 13.7. The van der Waals surface area contributed by atoms with Gasteiger partial charge < -0.3 is 4.74 Å². The first-order valence-electron chi connectivity index (χ1n) is 5.68. The molecule has 1 heterocycles. The molecule has 1 aromatic heterocycles. The summed E-state index contributed by atoms with van der Waals surface area (Å²) in [5, 5.41) is 10.4. The van der Waals surface area contributed by atoms with Crippen molar-refractivity contribution in [1.82, 2.24) is 15.6 Å². The number of nitrogens with one attached hydrogen (secondary N) is 2. The van der Waals surface area contributed by atoms with Gasteiger partial charge in [-0.05, 0) is 42.8 Å². The lowest BCUT2D eigenvalue weighted by Gasteiger charge is -1.99. The largest absolute Gasteiger partial charge is 0.497 e. The number of aromatic amines is 1. The average molecular weight is 258 g/mol. The van der Waals surface area contributed by atoms with Gasteiger partial charge in [-0.3, -0.25) is 9.89 Å². The highest BCUT2D eigenvalue weighted by molar-refractivity contribution is 5.93. The van der Waals surface area contributed by atoms with Crippen molar-refractivity contribution >= 4 is 12.1 Å². The fourth-order valence-electron chi connectivity index (χ4n) is 1.45. The molecule has 0 spiro atoms. The van der Waals surface area contributed by atoms with Gasteiger partial charge in [0.05, 0.1) is 13.3 Å². The van der Waals surface area contributed by atoms with Crippen molar-refractivity contribution in [1.29, 1.82) is 0 Å². The van der Waals surface area contributed by atoms with E-state index in [0.29, 0.717) is 5.69 Å². The number of H-pyrrole nitrogens is 1. The number of ether oxygens (including phenoxy) is 1. The van der Waals surface area contributed by atoms with E-state index in [1.807, 2.05) is 31.2 Å². The summed E-state index contributed by atoms with van der Waals surface area (Å²) in [7, 11) is 1.61. The van der Waals surface area contributed by atoms with Gasteiger partial charge in [0.25, 0.3) is 5.91 Å². The predicted molar refractivity (Wildman–Crippen MR) is 71.4 cm³/mol. The van der Waals surface area contributed by atoms with E-state index in [1.165, 1.54) is 0 Å². The van der Waals surface area contributed by atoms with E-state index in [0.717, 1.165) is 17.0 Å². The summed E-state index contributed by atoms with van der Waals surface area (Å²) < 4.78 is 5.05. The highest BCUT2D eigenvalue weighted by Gasteiger charge is 2.07. The number of nitrogens with zero attached hydrogens (tertiary/aromatic N) is 2. The van der Waals surface area contributed by atoms with E-state index >= 15 is 0 Å². The van der Waals surface area contributed by atoms with Crippen LogP contribution in [-0.4, -0.2) is 29.4 Å². The Labute approximate surface area is 110 Å². The summed E-state index contributed by atoms with van der Waals surface area (Å²) in [5.41, 5.74) is 4.40. The Morgan fingerprint density at radius 3 is 2.74 bits per heavy atom. The number of benzene rings is 1. The third-order valence-corrected chi connectivity index (χ3v) is 2.43. The molecule has 0 unspecified atom stereocenters. The number of amides is 1. The normalized spacial score (nSPS) is 10.6. The maximum absolute atomic E-state index is 11.6. The van der Waals surface area contributed by atoms with Crippen LogP contribution in [0.4, 0.5) is 0 Å². The minimum absolute atomic E-state index is 0.310. The van der Waals surface area contributed by atoms with E-state index in [-0.39, 0.29) is 5.91 Å². The van der Waals surface area contributed by atoms with Crippen LogP contribution in [0.5, 0.6) is 5.75 Å². The SMILES string of the molecule is COc1ccc(/C=N\NC(=O)c2cc(C)[nH]n2)cc1. The van der Waals surface area contributed by atoms with Crippen LogP contribution in [0.3, 0.4) is 0 Å². The Bertz CT molecular complexity index is 587. The molecule has 0 aliphatic rings. The molecule has 6 heteroatoms. The number of aryl methyl sites for hydroxylation is 1. The van der Waals surface area contributed by atoms with Gasteiger partial charge in [-0.2, -0.15) is 10.2 Å². The fourth-order valence-corrected chi connectivity index (χ4v) is 1.45. The van der Waals surface area contributed by atoms with Gasteiger partial charge in [0, 0.05) is 5.69 Å². The number of methoxy groups -OCH3 is 1. The summed E-state index contributed by atoms with van der Waals surface area (Å²) in [6.07, 6.45) is 1.55. The molecular formula is C13H14N4O2. The van der Waals surface area contributed by atoms with Crippen LogP contribution in [0.2, 0.25) is 0 Å². The van der Waals surface area contributed by atoms with Crippen molar-refractivity contribution in [2.24, 2.45) is 5.10 Å². The maximum Gasteiger partial charge on any atom is 0.291 e. The topological polar surface area (TPSA) is 79.4 Å². The second-order valence-electron chi connectivity index (χ2n) is 3.91. The Kier molecular flexibility index (Phi) is 3.92. The molecule has 2 aromatic rings. The molecule has 0 atom stereocenters. The molecule has 2 N–H and O–H groups in total. The zero-order valence-corrected chi connectivity index (χ0v) is 10.7. The summed E-state index contributed by atoms with van der Waals surface area (Å²) in [6.45, 7) is 1.82. The van der Waals surface area contributed by atoms with E-state index in [4.69, 9.17) is 4.74 Å². The van der Waals surface area contributed by atoms with Crippen LogP contribution in [-0.2, 0) is 0 Å². The minimum Gasteiger partial charge on any atom is -0.497 e. The number of rotatable bonds is 4. The molecule has 6 nitrogen and oxygen atoms in total. The van der Waals surface area contributed by atoms with Crippen molar-refractivity contribution in [3.63, 3.8) is 0 Å². The maximum atomic E-state index is 11.6. The van der Waals surface area contributed by atoms with Gasteiger partial charge in [-0.25, -0.2) is 5.43 Å². The molecule has 0 aliphatic carbocycles. The molecule has 98 valence electrons. The van der Waals surface area contributed by atoms with E-state index in [1.54, 1.807) is 19.4 Å². The molecule has 0 saturated heterocycles. The lowest BCUT2D eigenvalue weighted by molar-refractivity contribution is 0.0950. The van der Waals surface area contributed by atoms with Crippen LogP contribution in [0.15, 0.2) is 35.4 Å². The Morgan fingerprint density at radius 2 is 2.16 bits per heavy atom. The number of carbonyl (C=O) groups is 1. The van der Waals surface area contributed by atoms with Crippen LogP contribution >= 0.6 is 0 Å². The second kappa shape index (κ2) is 5.81. The monoisotopic (exact) mass is 258 g/mol. The predicted octanol–water partition coefficient (Wildman–Crippen LogP) is 1.49. The molecule has 1 aromatic carbocycles. The molecule has 0 aliphatic heterocycles. The molecular weight excluding hydrogens is 244 g/mol. The lowest BCUT2D eigenvalue weighted by atomic mass is 10.2. The third kappa shape index (κ3) is 3.41. The van der Waals surface area contributed by atoms with Crippen LogP contribution in [0.1, 0.15) is 21.7 Å². The number of carbonyl (C=O) groups excluding carboxylic acids is 1. The van der Waals surface area contributed by atoms with Crippen LogP contribution in [0.25, 0.3) is 0 Å². The molecule has 1 amide bonds. The molecule has 2 rings (SSSR count). The number of aromatic nitrogens is 2. The van der Waals surface area contributed by atoms with Crippen molar-refractivity contribution in [3.8, 4) is 5.75 Å². The van der Waals surface area contributed by atoms with Crippen molar-refractivity contribution in [3.05, 3.63) is 47.3 Å². The van der Waals surface area contributed by atoms with E-state index < -0.39 is 0 Å². The second-order valence-corrected chi connectivity index (χ2v) is 3.91. The summed E-state index contributed by atoms with van der Waals surface area (Å²) in [5.74, 6) is 0.419. The molecule has 0 fully saturated rings. The first-order valence-corrected chi connectivity index (χ1v) is 5.68. The van der Waals surface area contributed by atoms with Gasteiger partial charge in [0.2, 0.25) is 0 Å². The van der Waals surface area contributed by atoms with Gasteiger partial charge >= 0.3 is 0 Å². The van der Waals surface area contributed by atoms with Gasteiger partial charge in [-0.1, -0.05) is 0 Å². The molecule has 19 heavy (non-hydrogen) atoms. The average Bonchev–Trinajstić information content (AvgIpc) is 2.86. The van der Waals surface area contributed by atoms with Gasteiger partial charge in [0.1, 0.15) is 5.75 Å². The number of hydrogen-bond acceptors (Lipinski definition) is 4. The molecule has 0 bridgehead atoms. The summed E-state index contributed by atoms with van der Waals surface area (Å²) >= 11 is 0. The van der Waals surface area contributed by atoms with Crippen LogP contribution in [0, 0.1) is 6.92 Å². The van der Waals surface area contributed by atoms with Crippen molar-refractivity contribution < 1.29 is 9.53 Å². The highest BCUT2D eigenvalue weighted by Crippen LogP contribution is 2.09. The van der Waals surface area contributed by atoms with Gasteiger partial charge in [0.15, 0.2) is 5.69 Å². The van der Waals surface area contributed by atoms with E-state index in [2.05, 4.69) is 20.7 Å².